The Balaban J connectivity index is 1.59. The second-order valence-corrected chi connectivity index (χ2v) is 8.77. The van der Waals surface area contributed by atoms with Crippen LogP contribution in [0.25, 0.3) is 0 Å². The monoisotopic (exact) mass is 533 g/mol. The van der Waals surface area contributed by atoms with E-state index in [0.717, 1.165) is 16.7 Å². The van der Waals surface area contributed by atoms with Gasteiger partial charge < -0.3 is 30.9 Å². The molecule has 0 unspecified atom stereocenters. The van der Waals surface area contributed by atoms with Gasteiger partial charge in [0.25, 0.3) is 0 Å². The first-order valence-electron chi connectivity index (χ1n) is 12.3. The van der Waals surface area contributed by atoms with Crippen LogP contribution in [-0.2, 0) is 43.3 Å². The maximum Gasteiger partial charge on any atom is 0.408 e. The SMILES string of the molecule is N[C@@H](Cc1ccccc1)C(=O)N[C@@H](COC(=O)[C@H](Cc1ccccc1)NC(=O)OCc1ccccc1)C(=O)O. The third kappa shape index (κ3) is 9.94. The van der Waals surface area contributed by atoms with E-state index in [4.69, 9.17) is 15.2 Å². The van der Waals surface area contributed by atoms with Crippen molar-refractivity contribution in [3.63, 3.8) is 0 Å². The van der Waals surface area contributed by atoms with Gasteiger partial charge in [-0.3, -0.25) is 4.79 Å². The van der Waals surface area contributed by atoms with Crippen LogP contribution in [0.2, 0.25) is 0 Å². The Morgan fingerprint density at radius 2 is 1.21 bits per heavy atom. The van der Waals surface area contributed by atoms with Crippen LogP contribution in [0.1, 0.15) is 16.7 Å². The molecule has 39 heavy (non-hydrogen) atoms. The molecule has 10 nitrogen and oxygen atoms in total. The molecular weight excluding hydrogens is 502 g/mol. The molecular formula is C29H31N3O7. The van der Waals surface area contributed by atoms with Crippen LogP contribution in [0.15, 0.2) is 91.0 Å². The molecule has 2 amide bonds. The Morgan fingerprint density at radius 3 is 1.74 bits per heavy atom. The van der Waals surface area contributed by atoms with Crippen LogP contribution in [0, 0.1) is 0 Å². The van der Waals surface area contributed by atoms with Gasteiger partial charge in [0, 0.05) is 6.42 Å². The zero-order valence-electron chi connectivity index (χ0n) is 21.2. The third-order valence-corrected chi connectivity index (χ3v) is 5.71. The topological polar surface area (TPSA) is 157 Å². The van der Waals surface area contributed by atoms with Gasteiger partial charge in [0.05, 0.1) is 6.04 Å². The number of carbonyl (C=O) groups is 4. The number of esters is 1. The molecule has 3 rings (SSSR count). The minimum atomic E-state index is -1.54. The van der Waals surface area contributed by atoms with E-state index in [1.54, 1.807) is 78.9 Å². The maximum absolute atomic E-state index is 12.9. The first kappa shape index (κ1) is 28.9. The first-order chi connectivity index (χ1) is 18.8. The summed E-state index contributed by atoms with van der Waals surface area (Å²) in [7, 11) is 0. The molecule has 0 aliphatic carbocycles. The van der Waals surface area contributed by atoms with Crippen molar-refractivity contribution in [1.29, 1.82) is 0 Å². The summed E-state index contributed by atoms with van der Waals surface area (Å²) in [6.45, 7) is -0.667. The Kier molecular flexibility index (Phi) is 11.0. The Bertz CT molecular complexity index is 1220. The standard InChI is InChI=1S/C29H31N3O7/c30-23(16-20-10-4-1-5-11-20)26(33)31-25(27(34)35)19-38-28(36)24(17-21-12-6-2-7-13-21)32-29(37)39-18-22-14-8-3-9-15-22/h1-15,23-25H,16-19,30H2,(H,31,33)(H,32,37)(H,34,35)/t23-,24-,25-/m0/s1. The fourth-order valence-corrected chi connectivity index (χ4v) is 3.63. The van der Waals surface area contributed by atoms with Crippen LogP contribution >= 0.6 is 0 Å². The molecule has 204 valence electrons. The van der Waals surface area contributed by atoms with Gasteiger partial charge >= 0.3 is 18.0 Å². The highest BCUT2D eigenvalue weighted by Crippen LogP contribution is 2.08. The largest absolute Gasteiger partial charge is 0.480 e. The summed E-state index contributed by atoms with van der Waals surface area (Å²) < 4.78 is 10.4. The average molecular weight is 534 g/mol. The summed E-state index contributed by atoms with van der Waals surface area (Å²) >= 11 is 0. The van der Waals surface area contributed by atoms with Crippen molar-refractivity contribution in [2.24, 2.45) is 5.73 Å². The number of nitrogens with two attached hydrogens (primary N) is 1. The third-order valence-electron chi connectivity index (χ3n) is 5.71. The fraction of sp³-hybridized carbons (Fsp3) is 0.241. The molecule has 5 N–H and O–H groups in total. The molecule has 0 bridgehead atoms. The molecule has 0 fully saturated rings. The highest BCUT2D eigenvalue weighted by molar-refractivity contribution is 5.87. The Morgan fingerprint density at radius 1 is 0.692 bits per heavy atom. The lowest BCUT2D eigenvalue weighted by Crippen LogP contribution is -2.52. The summed E-state index contributed by atoms with van der Waals surface area (Å²) in [6.07, 6.45) is -0.564. The van der Waals surface area contributed by atoms with Crippen LogP contribution in [0.5, 0.6) is 0 Å². The summed E-state index contributed by atoms with van der Waals surface area (Å²) in [5, 5.41) is 14.4. The number of carboxylic acids is 1. The van der Waals surface area contributed by atoms with Gasteiger partial charge in [-0.1, -0.05) is 91.0 Å². The minimum absolute atomic E-state index is 0.00383. The normalized spacial score (nSPS) is 12.8. The number of amides is 2. The molecule has 3 aromatic carbocycles. The molecule has 3 atom stereocenters. The predicted molar refractivity (Wildman–Crippen MR) is 142 cm³/mol. The second kappa shape index (κ2) is 14.9. The smallest absolute Gasteiger partial charge is 0.408 e. The summed E-state index contributed by atoms with van der Waals surface area (Å²) in [6, 6.07) is 23.2. The van der Waals surface area contributed by atoms with Crippen molar-refractivity contribution in [1.82, 2.24) is 10.6 Å². The van der Waals surface area contributed by atoms with Gasteiger partial charge in [-0.2, -0.15) is 0 Å². The van der Waals surface area contributed by atoms with Crippen LogP contribution in [0.3, 0.4) is 0 Å². The zero-order chi connectivity index (χ0) is 28.0. The maximum atomic E-state index is 12.9. The molecule has 0 aromatic heterocycles. The van der Waals surface area contributed by atoms with Gasteiger partial charge in [0.2, 0.25) is 5.91 Å². The van der Waals surface area contributed by atoms with Crippen molar-refractivity contribution < 1.29 is 33.8 Å². The minimum Gasteiger partial charge on any atom is -0.480 e. The molecule has 0 saturated heterocycles. The number of nitrogens with one attached hydrogen (secondary N) is 2. The average Bonchev–Trinajstić information content (AvgIpc) is 2.95. The highest BCUT2D eigenvalue weighted by Gasteiger charge is 2.28. The van der Waals surface area contributed by atoms with Crippen molar-refractivity contribution in [3.8, 4) is 0 Å². The number of rotatable bonds is 13. The lowest BCUT2D eigenvalue weighted by molar-refractivity contribution is -0.152. The Hall–Kier alpha value is -4.70. The Labute approximate surface area is 226 Å². The zero-order valence-corrected chi connectivity index (χ0v) is 21.2. The van der Waals surface area contributed by atoms with Gasteiger partial charge in [-0.05, 0) is 23.1 Å². The van der Waals surface area contributed by atoms with E-state index in [1.807, 2.05) is 12.1 Å². The first-order valence-corrected chi connectivity index (χ1v) is 12.3. The highest BCUT2D eigenvalue weighted by atomic mass is 16.6. The molecule has 0 aliphatic heterocycles. The van der Waals surface area contributed by atoms with Gasteiger partial charge in [-0.15, -0.1) is 0 Å². The number of aliphatic carboxylic acids is 1. The second-order valence-electron chi connectivity index (χ2n) is 8.77. The van der Waals surface area contributed by atoms with Crippen molar-refractivity contribution in [2.75, 3.05) is 6.61 Å². The number of hydrogen-bond donors (Lipinski definition) is 4. The number of alkyl carbamates (subject to hydrolysis) is 1. The van der Waals surface area contributed by atoms with Crippen LogP contribution in [0.4, 0.5) is 4.79 Å². The van der Waals surface area contributed by atoms with Crippen molar-refractivity contribution in [2.45, 2.75) is 37.6 Å². The molecule has 10 heteroatoms. The number of hydrogen-bond acceptors (Lipinski definition) is 7. The van der Waals surface area contributed by atoms with E-state index in [1.165, 1.54) is 0 Å². The van der Waals surface area contributed by atoms with Gasteiger partial charge in [-0.25, -0.2) is 14.4 Å². The van der Waals surface area contributed by atoms with Gasteiger partial charge in [0.15, 0.2) is 6.04 Å². The van der Waals surface area contributed by atoms with Crippen molar-refractivity contribution in [3.05, 3.63) is 108 Å². The summed E-state index contributed by atoms with van der Waals surface area (Å²) in [4.78, 5) is 49.6. The van der Waals surface area contributed by atoms with Crippen LogP contribution in [-0.4, -0.2) is 53.8 Å². The molecule has 0 saturated carbocycles. The molecule has 0 heterocycles. The van der Waals surface area contributed by atoms with Crippen molar-refractivity contribution >= 4 is 23.9 Å². The number of ether oxygens (including phenoxy) is 2. The van der Waals surface area contributed by atoms with E-state index in [9.17, 15) is 24.3 Å². The summed E-state index contributed by atoms with van der Waals surface area (Å²) in [5.74, 6) is -2.99. The predicted octanol–water partition coefficient (Wildman–Crippen LogP) is 2.21. The van der Waals surface area contributed by atoms with Crippen LogP contribution < -0.4 is 16.4 Å². The van der Waals surface area contributed by atoms with E-state index in [0.29, 0.717) is 0 Å². The molecule has 0 spiro atoms. The van der Waals surface area contributed by atoms with E-state index in [-0.39, 0.29) is 19.4 Å². The number of benzene rings is 3. The fourth-order valence-electron chi connectivity index (χ4n) is 3.63. The van der Waals surface area contributed by atoms with Gasteiger partial charge in [0.1, 0.15) is 19.3 Å². The lowest BCUT2D eigenvalue weighted by Gasteiger charge is -2.21. The molecule has 3 aromatic rings. The molecule has 0 aliphatic rings. The quantitative estimate of drug-likeness (QED) is 0.244. The number of carbonyl (C=O) groups excluding carboxylic acids is 3. The number of carboxylic acid groups (broad SMARTS) is 1. The lowest BCUT2D eigenvalue weighted by atomic mass is 10.1. The molecule has 0 radical (unpaired) electrons. The van der Waals surface area contributed by atoms with E-state index in [2.05, 4.69) is 10.6 Å². The van der Waals surface area contributed by atoms with E-state index < -0.39 is 48.7 Å². The van der Waals surface area contributed by atoms with E-state index >= 15 is 0 Å². The summed E-state index contributed by atoms with van der Waals surface area (Å²) in [5.41, 5.74) is 8.25.